The number of esters is 2. The van der Waals surface area contributed by atoms with Gasteiger partial charge in [0.15, 0.2) is 6.61 Å². The van der Waals surface area contributed by atoms with Crippen molar-refractivity contribution in [3.63, 3.8) is 0 Å². The average molecular weight is 214 g/mol. The fraction of sp³-hybridized carbons (Fsp3) is 0.636. The molecule has 0 aliphatic heterocycles. The van der Waals surface area contributed by atoms with Crippen LogP contribution in [0.4, 0.5) is 0 Å². The minimum atomic E-state index is -0.613. The molecule has 0 heterocycles. The van der Waals surface area contributed by atoms with E-state index in [1.807, 2.05) is 0 Å². The molecule has 4 nitrogen and oxygen atoms in total. The molecule has 0 unspecified atom stereocenters. The first kappa shape index (κ1) is 13.7. The Morgan fingerprint density at radius 2 is 1.93 bits per heavy atom. The van der Waals surface area contributed by atoms with Gasteiger partial charge in [-0.15, -0.1) is 0 Å². The largest absolute Gasteiger partial charge is 0.463 e. The van der Waals surface area contributed by atoms with E-state index in [0.717, 1.165) is 31.8 Å². The maximum atomic E-state index is 11.0. The average Bonchev–Trinajstić information content (AvgIpc) is 2.25. The lowest BCUT2D eigenvalue weighted by Gasteiger charge is -2.04. The lowest BCUT2D eigenvalue weighted by Crippen LogP contribution is -2.15. The van der Waals surface area contributed by atoms with E-state index in [1.54, 1.807) is 0 Å². The van der Waals surface area contributed by atoms with Crippen molar-refractivity contribution >= 4 is 11.9 Å². The molecule has 0 rings (SSSR count). The van der Waals surface area contributed by atoms with Crippen LogP contribution in [-0.2, 0) is 19.1 Å². The Morgan fingerprint density at radius 3 is 2.53 bits per heavy atom. The Balaban J connectivity index is 3.33. The summed E-state index contributed by atoms with van der Waals surface area (Å²) >= 11 is 0. The summed E-state index contributed by atoms with van der Waals surface area (Å²) in [6.45, 7) is 5.38. The predicted molar refractivity (Wildman–Crippen MR) is 56.3 cm³/mol. The van der Waals surface area contributed by atoms with Crippen molar-refractivity contribution in [3.05, 3.63) is 12.7 Å². The Hall–Kier alpha value is -1.32. The maximum Gasteiger partial charge on any atom is 0.344 e. The molecular weight excluding hydrogens is 196 g/mol. The zero-order valence-electron chi connectivity index (χ0n) is 9.16. The summed E-state index contributed by atoms with van der Waals surface area (Å²) in [5.74, 6) is -1.13. The molecule has 0 spiro atoms. The number of rotatable bonds is 8. The van der Waals surface area contributed by atoms with Crippen molar-refractivity contribution in [3.8, 4) is 0 Å². The van der Waals surface area contributed by atoms with Crippen LogP contribution in [0.15, 0.2) is 12.7 Å². The van der Waals surface area contributed by atoms with Crippen LogP contribution < -0.4 is 0 Å². The summed E-state index contributed by atoms with van der Waals surface area (Å²) in [5, 5.41) is 0. The van der Waals surface area contributed by atoms with E-state index < -0.39 is 11.9 Å². The monoisotopic (exact) mass is 214 g/mol. The van der Waals surface area contributed by atoms with Crippen LogP contribution in [-0.4, -0.2) is 25.2 Å². The third kappa shape index (κ3) is 9.00. The number of carbonyl (C=O) groups excluding carboxylic acids is 2. The van der Waals surface area contributed by atoms with E-state index in [2.05, 4.69) is 18.2 Å². The second kappa shape index (κ2) is 9.24. The molecule has 0 atom stereocenters. The molecule has 0 bridgehead atoms. The Kier molecular flexibility index (Phi) is 8.43. The summed E-state index contributed by atoms with van der Waals surface area (Å²) in [6.07, 6.45) is 5.20. The minimum Gasteiger partial charge on any atom is -0.463 e. The van der Waals surface area contributed by atoms with Gasteiger partial charge in [-0.2, -0.15) is 0 Å². The van der Waals surface area contributed by atoms with Gasteiger partial charge in [-0.1, -0.05) is 32.8 Å². The number of carbonyl (C=O) groups is 2. The van der Waals surface area contributed by atoms with Gasteiger partial charge >= 0.3 is 11.9 Å². The van der Waals surface area contributed by atoms with Gasteiger partial charge in [0.25, 0.3) is 0 Å². The SMILES string of the molecule is C=CC(=O)OCC(=O)OCCCCCC. The van der Waals surface area contributed by atoms with E-state index in [1.165, 1.54) is 0 Å². The Bertz CT molecular complexity index is 211. The smallest absolute Gasteiger partial charge is 0.344 e. The van der Waals surface area contributed by atoms with E-state index in [-0.39, 0.29) is 6.61 Å². The highest BCUT2D eigenvalue weighted by Gasteiger charge is 2.05. The van der Waals surface area contributed by atoms with Crippen molar-refractivity contribution in [2.24, 2.45) is 0 Å². The van der Waals surface area contributed by atoms with Crippen LogP contribution in [0, 0.1) is 0 Å². The van der Waals surface area contributed by atoms with Crippen LogP contribution in [0.1, 0.15) is 32.6 Å². The fourth-order valence-electron chi connectivity index (χ4n) is 0.945. The zero-order chi connectivity index (χ0) is 11.5. The van der Waals surface area contributed by atoms with Crippen molar-refractivity contribution in [1.29, 1.82) is 0 Å². The molecule has 15 heavy (non-hydrogen) atoms. The predicted octanol–water partition coefficient (Wildman–Crippen LogP) is 1.84. The Labute approximate surface area is 90.2 Å². The summed E-state index contributed by atoms with van der Waals surface area (Å²) < 4.78 is 9.33. The van der Waals surface area contributed by atoms with Gasteiger partial charge in [-0.05, 0) is 6.42 Å². The molecule has 0 N–H and O–H groups in total. The summed E-state index contributed by atoms with van der Waals surface area (Å²) in [7, 11) is 0. The molecule has 0 saturated heterocycles. The molecule has 4 heteroatoms. The summed E-state index contributed by atoms with van der Waals surface area (Å²) in [5.41, 5.74) is 0. The molecule has 0 fully saturated rings. The molecule has 0 aliphatic carbocycles. The first-order chi connectivity index (χ1) is 7.20. The quantitative estimate of drug-likeness (QED) is 0.351. The van der Waals surface area contributed by atoms with Crippen molar-refractivity contribution in [1.82, 2.24) is 0 Å². The molecule has 0 saturated carbocycles. The van der Waals surface area contributed by atoms with Crippen LogP contribution in [0.2, 0.25) is 0 Å². The lowest BCUT2D eigenvalue weighted by atomic mass is 10.2. The van der Waals surface area contributed by atoms with Crippen molar-refractivity contribution < 1.29 is 19.1 Å². The van der Waals surface area contributed by atoms with Gasteiger partial charge in [0, 0.05) is 6.08 Å². The van der Waals surface area contributed by atoms with E-state index in [0.29, 0.717) is 6.61 Å². The molecular formula is C11H18O4. The minimum absolute atomic E-state index is 0.335. The van der Waals surface area contributed by atoms with Crippen LogP contribution in [0.3, 0.4) is 0 Å². The fourth-order valence-corrected chi connectivity index (χ4v) is 0.945. The third-order valence-corrected chi connectivity index (χ3v) is 1.76. The molecule has 0 aromatic rings. The number of unbranched alkanes of at least 4 members (excludes halogenated alkanes) is 3. The second-order valence-electron chi connectivity index (χ2n) is 3.09. The van der Waals surface area contributed by atoms with Gasteiger partial charge in [0.2, 0.25) is 0 Å². The van der Waals surface area contributed by atoms with Crippen LogP contribution >= 0.6 is 0 Å². The van der Waals surface area contributed by atoms with Crippen molar-refractivity contribution in [2.75, 3.05) is 13.2 Å². The first-order valence-corrected chi connectivity index (χ1v) is 5.15. The molecule has 0 aromatic heterocycles. The normalized spacial score (nSPS) is 9.40. The molecule has 0 aromatic carbocycles. The topological polar surface area (TPSA) is 52.6 Å². The second-order valence-corrected chi connectivity index (χ2v) is 3.09. The molecule has 0 radical (unpaired) electrons. The van der Waals surface area contributed by atoms with E-state index in [9.17, 15) is 9.59 Å². The highest BCUT2D eigenvalue weighted by molar-refractivity contribution is 5.83. The molecule has 0 aliphatic rings. The van der Waals surface area contributed by atoms with E-state index >= 15 is 0 Å². The highest BCUT2D eigenvalue weighted by atomic mass is 16.6. The number of hydrogen-bond acceptors (Lipinski definition) is 4. The standard InChI is InChI=1S/C11H18O4/c1-3-5-6-7-8-14-11(13)9-15-10(12)4-2/h4H,2-3,5-9H2,1H3. The summed E-state index contributed by atoms with van der Waals surface area (Å²) in [6, 6.07) is 0. The van der Waals surface area contributed by atoms with Crippen molar-refractivity contribution in [2.45, 2.75) is 32.6 Å². The van der Waals surface area contributed by atoms with Gasteiger partial charge < -0.3 is 9.47 Å². The third-order valence-electron chi connectivity index (χ3n) is 1.76. The maximum absolute atomic E-state index is 11.0. The summed E-state index contributed by atoms with van der Waals surface area (Å²) in [4.78, 5) is 21.5. The zero-order valence-corrected chi connectivity index (χ0v) is 9.16. The molecule has 86 valence electrons. The van der Waals surface area contributed by atoms with Gasteiger partial charge in [-0.3, -0.25) is 0 Å². The number of ether oxygens (including phenoxy) is 2. The molecule has 0 amide bonds. The van der Waals surface area contributed by atoms with E-state index in [4.69, 9.17) is 4.74 Å². The number of hydrogen-bond donors (Lipinski definition) is 0. The van der Waals surface area contributed by atoms with Crippen LogP contribution in [0.25, 0.3) is 0 Å². The Morgan fingerprint density at radius 1 is 1.20 bits per heavy atom. The van der Waals surface area contributed by atoms with Gasteiger partial charge in [-0.25, -0.2) is 9.59 Å². The van der Waals surface area contributed by atoms with Gasteiger partial charge in [0.1, 0.15) is 0 Å². The highest BCUT2D eigenvalue weighted by Crippen LogP contribution is 1.99. The van der Waals surface area contributed by atoms with Crippen LogP contribution in [0.5, 0.6) is 0 Å². The lowest BCUT2D eigenvalue weighted by molar-refractivity contribution is -0.156. The van der Waals surface area contributed by atoms with Gasteiger partial charge in [0.05, 0.1) is 6.61 Å². The first-order valence-electron chi connectivity index (χ1n) is 5.15.